The molecule has 1 atom stereocenters. The lowest BCUT2D eigenvalue weighted by Crippen LogP contribution is -2.31. The highest BCUT2D eigenvalue weighted by Gasteiger charge is 2.01. The second-order valence-electron chi connectivity index (χ2n) is 11.2. The molecular formula is C32H68N2. The molecule has 206 valence electrons. The van der Waals surface area contributed by atoms with Gasteiger partial charge in [0, 0.05) is 6.04 Å². The van der Waals surface area contributed by atoms with Gasteiger partial charge in [-0.3, -0.25) is 0 Å². The van der Waals surface area contributed by atoms with Crippen LogP contribution in [0.4, 0.5) is 0 Å². The summed E-state index contributed by atoms with van der Waals surface area (Å²) in [5.74, 6) is 0. The summed E-state index contributed by atoms with van der Waals surface area (Å²) in [5.41, 5.74) is 0. The van der Waals surface area contributed by atoms with Crippen LogP contribution in [0.1, 0.15) is 181 Å². The number of hydrogen-bond acceptors (Lipinski definition) is 2. The van der Waals surface area contributed by atoms with E-state index in [4.69, 9.17) is 0 Å². The maximum atomic E-state index is 3.73. The minimum absolute atomic E-state index is 0.655. The van der Waals surface area contributed by atoms with Gasteiger partial charge in [0.05, 0.1) is 0 Å². The second kappa shape index (κ2) is 31.0. The van der Waals surface area contributed by atoms with Crippen LogP contribution >= 0.6 is 0 Å². The van der Waals surface area contributed by atoms with E-state index in [2.05, 4.69) is 31.4 Å². The predicted molar refractivity (Wildman–Crippen MR) is 157 cm³/mol. The summed E-state index contributed by atoms with van der Waals surface area (Å²) >= 11 is 0. The Bertz CT molecular complexity index is 344. The van der Waals surface area contributed by atoms with Crippen LogP contribution in [-0.2, 0) is 0 Å². The number of hydrogen-bond donors (Lipinski definition) is 2. The van der Waals surface area contributed by atoms with E-state index >= 15 is 0 Å². The normalized spacial score (nSPS) is 12.4. The molecule has 2 nitrogen and oxygen atoms in total. The minimum Gasteiger partial charge on any atom is -0.317 e. The summed E-state index contributed by atoms with van der Waals surface area (Å²) in [7, 11) is 0. The summed E-state index contributed by atoms with van der Waals surface area (Å²) in [6, 6.07) is 0.655. The molecular weight excluding hydrogens is 412 g/mol. The Kier molecular flexibility index (Phi) is 30.9. The SMILES string of the molecule is CCCCCCCCCCCCCCNCCC(C)NCCCCCCCCCCCCCC. The lowest BCUT2D eigenvalue weighted by molar-refractivity contribution is 0.469. The van der Waals surface area contributed by atoms with Gasteiger partial charge in [-0.1, -0.05) is 155 Å². The number of unbranched alkanes of at least 4 members (excludes halogenated alkanes) is 22. The van der Waals surface area contributed by atoms with Crippen molar-refractivity contribution >= 4 is 0 Å². The third-order valence-electron chi connectivity index (χ3n) is 7.48. The van der Waals surface area contributed by atoms with Gasteiger partial charge in [-0.2, -0.15) is 0 Å². The molecule has 0 amide bonds. The Morgan fingerprint density at radius 3 is 1.09 bits per heavy atom. The van der Waals surface area contributed by atoms with E-state index in [-0.39, 0.29) is 0 Å². The van der Waals surface area contributed by atoms with Crippen molar-refractivity contribution < 1.29 is 0 Å². The van der Waals surface area contributed by atoms with Crippen LogP contribution in [0.15, 0.2) is 0 Å². The third-order valence-corrected chi connectivity index (χ3v) is 7.48. The van der Waals surface area contributed by atoms with Gasteiger partial charge in [0.2, 0.25) is 0 Å². The fraction of sp³-hybridized carbons (Fsp3) is 1.00. The first-order valence-electron chi connectivity index (χ1n) is 16.2. The Labute approximate surface area is 217 Å². The van der Waals surface area contributed by atoms with Crippen LogP contribution in [-0.4, -0.2) is 25.7 Å². The van der Waals surface area contributed by atoms with E-state index in [0.717, 1.165) is 0 Å². The molecule has 0 saturated heterocycles. The van der Waals surface area contributed by atoms with Crippen LogP contribution in [0, 0.1) is 0 Å². The molecule has 0 aromatic rings. The molecule has 0 aromatic carbocycles. The average molecular weight is 481 g/mol. The molecule has 0 aliphatic carbocycles. The summed E-state index contributed by atoms with van der Waals surface area (Å²) in [6.07, 6.45) is 35.7. The number of rotatable bonds is 30. The predicted octanol–water partition coefficient (Wildman–Crippen LogP) is 10.3. The molecule has 2 heteroatoms. The van der Waals surface area contributed by atoms with Gasteiger partial charge in [-0.05, 0) is 45.8 Å². The van der Waals surface area contributed by atoms with Crippen LogP contribution in [0.3, 0.4) is 0 Å². The standard InChI is InChI=1S/C32H68N2/c1-4-6-8-10-12-14-16-18-20-22-24-26-29-33-31-28-32(3)34-30-27-25-23-21-19-17-15-13-11-9-7-5-2/h32-34H,4-31H2,1-3H3. The zero-order valence-corrected chi connectivity index (χ0v) is 24.4. The van der Waals surface area contributed by atoms with E-state index in [1.54, 1.807) is 0 Å². The lowest BCUT2D eigenvalue weighted by atomic mass is 10.1. The van der Waals surface area contributed by atoms with Gasteiger partial charge in [0.1, 0.15) is 0 Å². The third kappa shape index (κ3) is 30.0. The van der Waals surface area contributed by atoms with Crippen molar-refractivity contribution in [3.63, 3.8) is 0 Å². The van der Waals surface area contributed by atoms with E-state index in [1.807, 2.05) is 0 Å². The molecule has 0 aliphatic rings. The van der Waals surface area contributed by atoms with Crippen LogP contribution < -0.4 is 10.6 Å². The number of nitrogens with one attached hydrogen (secondary N) is 2. The maximum absolute atomic E-state index is 3.73. The largest absolute Gasteiger partial charge is 0.317 e. The molecule has 0 aliphatic heterocycles. The first-order valence-corrected chi connectivity index (χ1v) is 16.2. The van der Waals surface area contributed by atoms with E-state index in [0.29, 0.717) is 6.04 Å². The van der Waals surface area contributed by atoms with Crippen LogP contribution in [0.2, 0.25) is 0 Å². The molecule has 0 bridgehead atoms. The smallest absolute Gasteiger partial charge is 0.00508 e. The lowest BCUT2D eigenvalue weighted by Gasteiger charge is -2.14. The fourth-order valence-electron chi connectivity index (χ4n) is 4.95. The van der Waals surface area contributed by atoms with Gasteiger partial charge < -0.3 is 10.6 Å². The topological polar surface area (TPSA) is 24.1 Å². The summed E-state index contributed by atoms with van der Waals surface area (Å²) < 4.78 is 0. The highest BCUT2D eigenvalue weighted by atomic mass is 14.9. The highest BCUT2D eigenvalue weighted by molar-refractivity contribution is 4.63. The molecule has 0 spiro atoms. The molecule has 34 heavy (non-hydrogen) atoms. The van der Waals surface area contributed by atoms with Crippen molar-refractivity contribution in [1.82, 2.24) is 10.6 Å². The second-order valence-corrected chi connectivity index (χ2v) is 11.2. The average Bonchev–Trinajstić information content (AvgIpc) is 2.84. The van der Waals surface area contributed by atoms with Crippen molar-refractivity contribution in [2.45, 2.75) is 187 Å². The van der Waals surface area contributed by atoms with Crippen molar-refractivity contribution in [2.75, 3.05) is 19.6 Å². The van der Waals surface area contributed by atoms with Crippen molar-refractivity contribution in [2.24, 2.45) is 0 Å². The zero-order chi connectivity index (χ0) is 24.8. The summed E-state index contributed by atoms with van der Waals surface area (Å²) in [5, 5.41) is 7.39. The Balaban J connectivity index is 3.13. The first-order chi connectivity index (χ1) is 16.8. The molecule has 2 N–H and O–H groups in total. The van der Waals surface area contributed by atoms with Gasteiger partial charge in [0.25, 0.3) is 0 Å². The Morgan fingerprint density at radius 1 is 0.382 bits per heavy atom. The van der Waals surface area contributed by atoms with E-state index in [1.165, 1.54) is 180 Å². The first kappa shape index (κ1) is 33.9. The van der Waals surface area contributed by atoms with Crippen molar-refractivity contribution in [3.05, 3.63) is 0 Å². The summed E-state index contributed by atoms with van der Waals surface area (Å²) in [6.45, 7) is 10.5. The van der Waals surface area contributed by atoms with Crippen molar-refractivity contribution in [3.8, 4) is 0 Å². The highest BCUT2D eigenvalue weighted by Crippen LogP contribution is 2.13. The maximum Gasteiger partial charge on any atom is 0.00508 e. The fourth-order valence-corrected chi connectivity index (χ4v) is 4.95. The molecule has 0 heterocycles. The van der Waals surface area contributed by atoms with Crippen LogP contribution in [0.25, 0.3) is 0 Å². The van der Waals surface area contributed by atoms with E-state index in [9.17, 15) is 0 Å². The molecule has 0 radical (unpaired) electrons. The Morgan fingerprint density at radius 2 is 0.706 bits per heavy atom. The molecule has 0 fully saturated rings. The van der Waals surface area contributed by atoms with E-state index < -0.39 is 0 Å². The quantitative estimate of drug-likeness (QED) is 0.0999. The molecule has 1 unspecified atom stereocenters. The van der Waals surface area contributed by atoms with Gasteiger partial charge in [0.15, 0.2) is 0 Å². The molecule has 0 saturated carbocycles. The van der Waals surface area contributed by atoms with Gasteiger partial charge in [-0.15, -0.1) is 0 Å². The van der Waals surface area contributed by atoms with Gasteiger partial charge >= 0.3 is 0 Å². The van der Waals surface area contributed by atoms with Gasteiger partial charge in [-0.25, -0.2) is 0 Å². The minimum atomic E-state index is 0.655. The molecule has 0 rings (SSSR count). The summed E-state index contributed by atoms with van der Waals surface area (Å²) in [4.78, 5) is 0. The van der Waals surface area contributed by atoms with Crippen molar-refractivity contribution in [1.29, 1.82) is 0 Å². The monoisotopic (exact) mass is 481 g/mol. The van der Waals surface area contributed by atoms with Crippen LogP contribution in [0.5, 0.6) is 0 Å². The molecule has 0 aromatic heterocycles. The Hall–Kier alpha value is -0.0800. The zero-order valence-electron chi connectivity index (χ0n) is 24.4.